The Balaban J connectivity index is 1.41. The first-order valence-corrected chi connectivity index (χ1v) is 9.16. The first kappa shape index (κ1) is 16.2. The number of fused-ring (bicyclic) bond motifs is 1. The minimum Gasteiger partial charge on any atom is -0.354 e. The van der Waals surface area contributed by atoms with Crippen LogP contribution in [0.5, 0.6) is 0 Å². The van der Waals surface area contributed by atoms with Crippen molar-refractivity contribution in [3.63, 3.8) is 0 Å². The maximum atomic E-state index is 12.1. The summed E-state index contributed by atoms with van der Waals surface area (Å²) in [5.41, 5.74) is 0. The van der Waals surface area contributed by atoms with Crippen molar-refractivity contribution in [2.45, 2.75) is 44.7 Å². The Bertz CT molecular complexity index is 622. The van der Waals surface area contributed by atoms with Gasteiger partial charge in [-0.1, -0.05) is 6.07 Å². The van der Waals surface area contributed by atoms with E-state index in [9.17, 15) is 4.79 Å². The van der Waals surface area contributed by atoms with Crippen molar-refractivity contribution in [2.75, 3.05) is 13.1 Å². The predicted molar refractivity (Wildman–Crippen MR) is 92.7 cm³/mol. The van der Waals surface area contributed by atoms with Crippen LogP contribution in [-0.4, -0.2) is 34.6 Å². The average Bonchev–Trinajstić information content (AvgIpc) is 3.23. The Kier molecular flexibility index (Phi) is 5.46. The number of amides is 1. The van der Waals surface area contributed by atoms with Gasteiger partial charge in [0.15, 0.2) is 0 Å². The summed E-state index contributed by atoms with van der Waals surface area (Å²) in [6.45, 7) is 4.48. The summed E-state index contributed by atoms with van der Waals surface area (Å²) in [5, 5.41) is 8.44. The molecule has 0 aromatic carbocycles. The van der Waals surface area contributed by atoms with E-state index in [4.69, 9.17) is 0 Å². The molecule has 2 aromatic rings. The summed E-state index contributed by atoms with van der Waals surface area (Å²) in [5.74, 6) is 1.62. The van der Waals surface area contributed by atoms with Gasteiger partial charge in [-0.2, -0.15) is 0 Å². The Morgan fingerprint density at radius 2 is 2.48 bits per heavy atom. The van der Waals surface area contributed by atoms with E-state index in [1.165, 1.54) is 11.3 Å². The van der Waals surface area contributed by atoms with Gasteiger partial charge in [0.2, 0.25) is 5.91 Å². The lowest BCUT2D eigenvalue weighted by molar-refractivity contribution is -0.122. The molecule has 0 radical (unpaired) electrons. The van der Waals surface area contributed by atoms with Crippen molar-refractivity contribution in [2.24, 2.45) is 0 Å². The van der Waals surface area contributed by atoms with E-state index in [1.54, 1.807) is 11.3 Å². The van der Waals surface area contributed by atoms with E-state index in [1.807, 2.05) is 25.4 Å². The van der Waals surface area contributed by atoms with Crippen molar-refractivity contribution < 1.29 is 4.79 Å². The molecule has 1 amide bonds. The van der Waals surface area contributed by atoms with Gasteiger partial charge in [0, 0.05) is 42.8 Å². The van der Waals surface area contributed by atoms with Crippen LogP contribution in [0.2, 0.25) is 0 Å². The summed E-state index contributed by atoms with van der Waals surface area (Å²) in [6.07, 6.45) is 7.13. The van der Waals surface area contributed by atoms with Gasteiger partial charge in [-0.05, 0) is 37.6 Å². The number of aryl methyl sites for hydroxylation is 1. The molecule has 0 unspecified atom stereocenters. The second-order valence-electron chi connectivity index (χ2n) is 6.07. The summed E-state index contributed by atoms with van der Waals surface area (Å²) in [6, 6.07) is 3.97. The van der Waals surface area contributed by atoms with Gasteiger partial charge in [0.1, 0.15) is 5.82 Å². The number of nitrogens with zero attached hydrogens (tertiary/aromatic N) is 2. The van der Waals surface area contributed by atoms with Crippen molar-refractivity contribution in [3.05, 3.63) is 40.6 Å². The number of imidazole rings is 1. The fourth-order valence-corrected chi connectivity index (χ4v) is 3.74. The molecule has 0 spiro atoms. The lowest BCUT2D eigenvalue weighted by Crippen LogP contribution is -2.44. The van der Waals surface area contributed by atoms with Gasteiger partial charge in [-0.15, -0.1) is 11.3 Å². The van der Waals surface area contributed by atoms with E-state index in [-0.39, 0.29) is 11.9 Å². The third kappa shape index (κ3) is 4.20. The van der Waals surface area contributed by atoms with Crippen molar-refractivity contribution in [1.82, 2.24) is 20.2 Å². The number of hydrogen-bond donors (Lipinski definition) is 2. The van der Waals surface area contributed by atoms with E-state index >= 15 is 0 Å². The number of rotatable bonds is 7. The van der Waals surface area contributed by atoms with Crippen LogP contribution in [0, 0.1) is 0 Å². The molecule has 124 valence electrons. The highest BCUT2D eigenvalue weighted by Gasteiger charge is 2.22. The first-order chi connectivity index (χ1) is 11.2. The van der Waals surface area contributed by atoms with Gasteiger partial charge in [-0.3, -0.25) is 4.79 Å². The molecule has 0 bridgehead atoms. The maximum Gasteiger partial charge on any atom is 0.236 e. The minimum atomic E-state index is -0.177. The Labute approximate surface area is 141 Å². The van der Waals surface area contributed by atoms with Gasteiger partial charge in [0.05, 0.1) is 6.04 Å². The third-order valence-electron chi connectivity index (χ3n) is 4.38. The fraction of sp³-hybridized carbons (Fsp3) is 0.529. The summed E-state index contributed by atoms with van der Waals surface area (Å²) in [7, 11) is 0. The molecule has 2 atom stereocenters. The summed E-state index contributed by atoms with van der Waals surface area (Å²) in [4.78, 5) is 17.9. The molecule has 5 nitrogen and oxygen atoms in total. The van der Waals surface area contributed by atoms with Crippen LogP contribution in [-0.2, 0) is 17.8 Å². The molecule has 2 aromatic heterocycles. The number of hydrogen-bond acceptors (Lipinski definition) is 4. The molecular formula is C17H24N4OS. The van der Waals surface area contributed by atoms with E-state index < -0.39 is 0 Å². The number of carbonyl (C=O) groups is 1. The largest absolute Gasteiger partial charge is 0.354 e. The van der Waals surface area contributed by atoms with Crippen LogP contribution >= 0.6 is 11.3 Å². The zero-order chi connectivity index (χ0) is 16.1. The topological polar surface area (TPSA) is 59.0 Å². The van der Waals surface area contributed by atoms with Crippen molar-refractivity contribution >= 4 is 17.2 Å². The standard InChI is InChI=1S/C17H24N4OS/c1-13(17(22)19-7-6-15-5-3-11-23-15)20-12-14-4-2-9-21-10-8-18-16(14)21/h3,5,8,10-11,13-14,20H,2,4,6-7,9,12H2,1H3,(H,19,22)/t13-,14+/m0/s1. The number of aromatic nitrogens is 2. The Morgan fingerprint density at radius 1 is 1.57 bits per heavy atom. The van der Waals surface area contributed by atoms with Crippen molar-refractivity contribution in [3.8, 4) is 0 Å². The van der Waals surface area contributed by atoms with Gasteiger partial charge >= 0.3 is 0 Å². The van der Waals surface area contributed by atoms with Gasteiger partial charge in [0.25, 0.3) is 0 Å². The first-order valence-electron chi connectivity index (χ1n) is 8.28. The lowest BCUT2D eigenvalue weighted by Gasteiger charge is -2.25. The molecule has 0 aliphatic carbocycles. The molecule has 0 saturated carbocycles. The van der Waals surface area contributed by atoms with Gasteiger partial charge in [-0.25, -0.2) is 4.98 Å². The maximum absolute atomic E-state index is 12.1. The van der Waals surface area contributed by atoms with Crippen LogP contribution in [0.3, 0.4) is 0 Å². The minimum absolute atomic E-state index is 0.0701. The van der Waals surface area contributed by atoms with Crippen LogP contribution in [0.25, 0.3) is 0 Å². The van der Waals surface area contributed by atoms with Crippen LogP contribution in [0.1, 0.15) is 36.4 Å². The molecule has 0 saturated heterocycles. The second-order valence-corrected chi connectivity index (χ2v) is 7.10. The summed E-state index contributed by atoms with van der Waals surface area (Å²) < 4.78 is 2.22. The van der Waals surface area contributed by atoms with Gasteiger partial charge < -0.3 is 15.2 Å². The molecular weight excluding hydrogens is 308 g/mol. The van der Waals surface area contributed by atoms with E-state index in [0.717, 1.165) is 31.8 Å². The molecule has 1 aliphatic heterocycles. The highest BCUT2D eigenvalue weighted by atomic mass is 32.1. The molecule has 1 aliphatic rings. The molecule has 6 heteroatoms. The highest BCUT2D eigenvalue weighted by Crippen LogP contribution is 2.24. The molecule has 23 heavy (non-hydrogen) atoms. The SMILES string of the molecule is C[C@H](NC[C@H]1CCCn2ccnc21)C(=O)NCCc1cccs1. The quantitative estimate of drug-likeness (QED) is 0.817. The zero-order valence-electron chi connectivity index (χ0n) is 13.5. The normalized spacial score (nSPS) is 18.4. The smallest absolute Gasteiger partial charge is 0.236 e. The number of thiophene rings is 1. The fourth-order valence-electron chi connectivity index (χ4n) is 3.03. The van der Waals surface area contributed by atoms with Crippen LogP contribution in [0.4, 0.5) is 0 Å². The average molecular weight is 332 g/mol. The Morgan fingerprint density at radius 3 is 3.30 bits per heavy atom. The number of nitrogens with one attached hydrogen (secondary N) is 2. The molecule has 0 fully saturated rings. The third-order valence-corrected chi connectivity index (χ3v) is 5.32. The van der Waals surface area contributed by atoms with E-state index in [2.05, 4.69) is 31.6 Å². The highest BCUT2D eigenvalue weighted by molar-refractivity contribution is 7.09. The van der Waals surface area contributed by atoms with Crippen LogP contribution in [0.15, 0.2) is 29.9 Å². The zero-order valence-corrected chi connectivity index (χ0v) is 14.3. The summed E-state index contributed by atoms with van der Waals surface area (Å²) >= 11 is 1.73. The monoisotopic (exact) mass is 332 g/mol. The van der Waals surface area contributed by atoms with Crippen LogP contribution < -0.4 is 10.6 Å². The predicted octanol–water partition coefficient (Wildman–Crippen LogP) is 2.16. The van der Waals surface area contributed by atoms with Crippen molar-refractivity contribution in [1.29, 1.82) is 0 Å². The molecule has 3 rings (SSSR count). The van der Waals surface area contributed by atoms with E-state index in [0.29, 0.717) is 12.5 Å². The Hall–Kier alpha value is -1.66. The number of carbonyl (C=O) groups excluding carboxylic acids is 1. The lowest BCUT2D eigenvalue weighted by atomic mass is 9.98. The molecule has 2 N–H and O–H groups in total. The molecule has 3 heterocycles. The second kappa shape index (κ2) is 7.75.